The van der Waals surface area contributed by atoms with Crippen LogP contribution >= 0.6 is 0 Å². The van der Waals surface area contributed by atoms with Crippen molar-refractivity contribution in [2.24, 2.45) is 0 Å². The summed E-state index contributed by atoms with van der Waals surface area (Å²) in [5.74, 6) is -0.0799. The topological polar surface area (TPSA) is 35.5 Å². The summed E-state index contributed by atoms with van der Waals surface area (Å²) in [6.07, 6.45) is 2.67. The van der Waals surface area contributed by atoms with Crippen LogP contribution in [0.5, 0.6) is 0 Å². The van der Waals surface area contributed by atoms with Gasteiger partial charge in [-0.2, -0.15) is 0 Å². The summed E-state index contributed by atoms with van der Waals surface area (Å²) in [6.45, 7) is 0.521. The van der Waals surface area contributed by atoms with Gasteiger partial charge in [-0.3, -0.25) is 4.79 Å². The van der Waals surface area contributed by atoms with E-state index in [4.69, 9.17) is 9.47 Å². The van der Waals surface area contributed by atoms with E-state index >= 15 is 0 Å². The molecule has 0 N–H and O–H groups in total. The van der Waals surface area contributed by atoms with Crippen LogP contribution in [0.2, 0.25) is 0 Å². The molecular formula is C6H6O3. The Hall–Kier alpha value is -0.670. The highest BCUT2D eigenvalue weighted by atomic mass is 16.7. The molecule has 2 atom stereocenters. The van der Waals surface area contributed by atoms with E-state index in [1.807, 2.05) is 0 Å². The molecule has 2 bridgehead atoms. The van der Waals surface area contributed by atoms with E-state index in [0.29, 0.717) is 6.61 Å². The van der Waals surface area contributed by atoms with Crippen LogP contribution in [0.4, 0.5) is 0 Å². The Bertz CT molecular complexity index is 173. The molecule has 1 fully saturated rings. The highest BCUT2D eigenvalue weighted by molar-refractivity contribution is 5.93. The summed E-state index contributed by atoms with van der Waals surface area (Å²) in [5, 5.41) is 0. The van der Waals surface area contributed by atoms with Crippen molar-refractivity contribution in [1.29, 1.82) is 0 Å². The summed E-state index contributed by atoms with van der Waals surface area (Å²) in [5.41, 5.74) is 0. The molecule has 0 amide bonds. The van der Waals surface area contributed by atoms with E-state index in [-0.39, 0.29) is 11.9 Å². The molecule has 0 aromatic heterocycles. The first-order valence-electron chi connectivity index (χ1n) is 2.85. The van der Waals surface area contributed by atoms with Gasteiger partial charge < -0.3 is 9.47 Å². The number of ketones is 1. The number of hydrogen-bond acceptors (Lipinski definition) is 3. The molecule has 0 saturated carbocycles. The van der Waals surface area contributed by atoms with Crippen molar-refractivity contribution in [2.75, 3.05) is 6.61 Å². The Morgan fingerprint density at radius 3 is 3.33 bits per heavy atom. The van der Waals surface area contributed by atoms with E-state index in [1.54, 1.807) is 6.08 Å². The molecule has 0 spiro atoms. The first-order chi connectivity index (χ1) is 4.36. The van der Waals surface area contributed by atoms with Gasteiger partial charge in [-0.05, 0) is 12.2 Å². The van der Waals surface area contributed by atoms with Gasteiger partial charge in [0.1, 0.15) is 6.10 Å². The van der Waals surface area contributed by atoms with E-state index < -0.39 is 6.29 Å². The smallest absolute Gasteiger partial charge is 0.222 e. The summed E-state index contributed by atoms with van der Waals surface area (Å²) in [7, 11) is 0. The molecule has 3 nitrogen and oxygen atoms in total. The first kappa shape index (κ1) is 5.14. The fraction of sp³-hybridized carbons (Fsp3) is 0.500. The Kier molecular flexibility index (Phi) is 0.944. The monoisotopic (exact) mass is 126 g/mol. The molecule has 48 valence electrons. The quantitative estimate of drug-likeness (QED) is 0.453. The Morgan fingerprint density at radius 2 is 2.56 bits per heavy atom. The average Bonchev–Trinajstić information content (AvgIpc) is 2.25. The SMILES string of the molecule is O=C1C=CC2COC1O2. The van der Waals surface area contributed by atoms with Crippen molar-refractivity contribution in [2.45, 2.75) is 12.4 Å². The van der Waals surface area contributed by atoms with E-state index in [2.05, 4.69) is 0 Å². The molecule has 0 aliphatic carbocycles. The standard InChI is InChI=1S/C6H6O3/c7-5-2-1-4-3-8-6(5)9-4/h1-2,4,6H,3H2. The van der Waals surface area contributed by atoms with E-state index in [0.717, 1.165) is 0 Å². The van der Waals surface area contributed by atoms with Crippen molar-refractivity contribution in [3.8, 4) is 0 Å². The van der Waals surface area contributed by atoms with E-state index in [9.17, 15) is 4.79 Å². The molecular weight excluding hydrogens is 120 g/mol. The lowest BCUT2D eigenvalue weighted by atomic mass is 10.2. The largest absolute Gasteiger partial charge is 0.343 e. The predicted molar refractivity (Wildman–Crippen MR) is 28.8 cm³/mol. The maximum absolute atomic E-state index is 10.7. The zero-order valence-electron chi connectivity index (χ0n) is 4.74. The van der Waals surface area contributed by atoms with Crippen molar-refractivity contribution >= 4 is 5.78 Å². The second-order valence-corrected chi connectivity index (χ2v) is 2.10. The number of fused-ring (bicyclic) bond motifs is 2. The van der Waals surface area contributed by atoms with Gasteiger partial charge in [0.25, 0.3) is 0 Å². The predicted octanol–water partition coefficient (Wildman–Crippen LogP) is -0.133. The zero-order valence-corrected chi connectivity index (χ0v) is 4.74. The summed E-state index contributed by atoms with van der Waals surface area (Å²) in [6, 6.07) is 0. The highest BCUT2D eigenvalue weighted by Crippen LogP contribution is 2.17. The molecule has 1 saturated heterocycles. The molecule has 3 heteroatoms. The average molecular weight is 126 g/mol. The van der Waals surface area contributed by atoms with E-state index in [1.165, 1.54) is 6.08 Å². The molecule has 0 aromatic rings. The van der Waals surface area contributed by atoms with Crippen LogP contribution in [0.25, 0.3) is 0 Å². The van der Waals surface area contributed by atoms with Crippen molar-refractivity contribution in [3.63, 3.8) is 0 Å². The van der Waals surface area contributed by atoms with Gasteiger partial charge in [-0.1, -0.05) is 0 Å². The van der Waals surface area contributed by atoms with Gasteiger partial charge in [0.05, 0.1) is 6.61 Å². The molecule has 9 heavy (non-hydrogen) atoms. The Balaban J connectivity index is 2.29. The molecule has 2 aliphatic rings. The van der Waals surface area contributed by atoms with Gasteiger partial charge in [0.15, 0.2) is 0 Å². The van der Waals surface area contributed by atoms with Crippen LogP contribution in [-0.4, -0.2) is 24.8 Å². The lowest BCUT2D eigenvalue weighted by molar-refractivity contribution is -0.141. The number of hydrogen-bond donors (Lipinski definition) is 0. The summed E-state index contributed by atoms with van der Waals surface area (Å²) < 4.78 is 10.0. The lowest BCUT2D eigenvalue weighted by Crippen LogP contribution is -2.23. The second-order valence-electron chi connectivity index (χ2n) is 2.10. The Labute approximate surface area is 52.3 Å². The van der Waals surface area contributed by atoms with Crippen molar-refractivity contribution in [3.05, 3.63) is 12.2 Å². The molecule has 2 unspecified atom stereocenters. The van der Waals surface area contributed by atoms with Gasteiger partial charge >= 0.3 is 0 Å². The number of carbonyl (C=O) groups is 1. The fourth-order valence-electron chi connectivity index (χ4n) is 0.950. The van der Waals surface area contributed by atoms with Crippen molar-refractivity contribution in [1.82, 2.24) is 0 Å². The highest BCUT2D eigenvalue weighted by Gasteiger charge is 2.32. The van der Waals surface area contributed by atoms with Crippen LogP contribution in [0.15, 0.2) is 12.2 Å². The maximum atomic E-state index is 10.7. The van der Waals surface area contributed by atoms with Gasteiger partial charge in [-0.15, -0.1) is 0 Å². The normalized spacial score (nSPS) is 39.8. The van der Waals surface area contributed by atoms with Crippen LogP contribution in [-0.2, 0) is 14.3 Å². The lowest BCUT2D eigenvalue weighted by Gasteiger charge is -2.09. The van der Waals surface area contributed by atoms with Crippen molar-refractivity contribution < 1.29 is 14.3 Å². The first-order valence-corrected chi connectivity index (χ1v) is 2.85. The maximum Gasteiger partial charge on any atom is 0.222 e. The number of rotatable bonds is 0. The fourth-order valence-corrected chi connectivity index (χ4v) is 0.950. The second kappa shape index (κ2) is 1.65. The minimum Gasteiger partial charge on any atom is -0.343 e. The van der Waals surface area contributed by atoms with Crippen LogP contribution < -0.4 is 0 Å². The minimum absolute atomic E-state index is 0.0210. The van der Waals surface area contributed by atoms with Crippen LogP contribution in [0.1, 0.15) is 0 Å². The summed E-state index contributed by atoms with van der Waals surface area (Å²) >= 11 is 0. The third-order valence-electron chi connectivity index (χ3n) is 1.42. The molecule has 2 aliphatic heterocycles. The third kappa shape index (κ3) is 0.693. The molecule has 0 radical (unpaired) electrons. The van der Waals surface area contributed by atoms with Crippen LogP contribution in [0.3, 0.4) is 0 Å². The van der Waals surface area contributed by atoms with Crippen LogP contribution in [0, 0.1) is 0 Å². The minimum atomic E-state index is -0.597. The van der Waals surface area contributed by atoms with Gasteiger partial charge in [0.2, 0.25) is 12.1 Å². The van der Waals surface area contributed by atoms with Gasteiger partial charge in [-0.25, -0.2) is 0 Å². The molecule has 0 aromatic carbocycles. The molecule has 2 rings (SSSR count). The van der Waals surface area contributed by atoms with Gasteiger partial charge in [0, 0.05) is 0 Å². The number of ether oxygens (including phenoxy) is 2. The zero-order chi connectivity index (χ0) is 6.27. The third-order valence-corrected chi connectivity index (χ3v) is 1.42. The number of carbonyl (C=O) groups excluding carboxylic acids is 1. The molecule has 2 heterocycles. The Morgan fingerprint density at radius 1 is 1.67 bits per heavy atom. The summed E-state index contributed by atoms with van der Waals surface area (Å²) in [4.78, 5) is 10.7.